The molecular weight excluding hydrogens is 261 g/mol. The Morgan fingerprint density at radius 2 is 1.70 bits per heavy atom. The Balaban J connectivity index is 2.10. The van der Waals surface area contributed by atoms with Crippen LogP contribution in [0, 0.1) is 0 Å². The molecule has 0 radical (unpaired) electrons. The van der Waals surface area contributed by atoms with Crippen molar-refractivity contribution in [1.82, 2.24) is 9.97 Å². The summed E-state index contributed by atoms with van der Waals surface area (Å²) >= 11 is 0. The standard InChI is InChI=1S/C12H18BN3O4/c1-11(2)12(3,4)20-13(19-11)8-6-14-9(15-7-8)16-10(17)18-5/h6-7H,1-5H3,(H,14,15,16,17). The number of nitrogens with one attached hydrogen (secondary N) is 1. The Hall–Kier alpha value is -1.67. The van der Waals surface area contributed by atoms with Crippen LogP contribution in [0.5, 0.6) is 0 Å². The monoisotopic (exact) mass is 279 g/mol. The molecule has 0 saturated carbocycles. The van der Waals surface area contributed by atoms with Gasteiger partial charge < -0.3 is 14.0 Å². The van der Waals surface area contributed by atoms with Crippen LogP contribution in [0.15, 0.2) is 12.4 Å². The van der Waals surface area contributed by atoms with Crippen molar-refractivity contribution >= 4 is 24.6 Å². The van der Waals surface area contributed by atoms with Gasteiger partial charge in [-0.1, -0.05) is 0 Å². The summed E-state index contributed by atoms with van der Waals surface area (Å²) in [5.74, 6) is 0.164. The lowest BCUT2D eigenvalue weighted by atomic mass is 9.81. The van der Waals surface area contributed by atoms with E-state index in [0.717, 1.165) is 0 Å². The summed E-state index contributed by atoms with van der Waals surface area (Å²) in [5, 5.41) is 2.38. The van der Waals surface area contributed by atoms with E-state index < -0.39 is 24.4 Å². The third-order valence-electron chi connectivity index (χ3n) is 3.60. The van der Waals surface area contributed by atoms with E-state index in [2.05, 4.69) is 20.0 Å². The van der Waals surface area contributed by atoms with Gasteiger partial charge in [0, 0.05) is 17.9 Å². The Bertz CT molecular complexity index is 488. The third kappa shape index (κ3) is 2.76. The molecule has 0 spiro atoms. The van der Waals surface area contributed by atoms with Crippen LogP contribution >= 0.6 is 0 Å². The summed E-state index contributed by atoms with van der Waals surface area (Å²) in [6, 6.07) is 0. The summed E-state index contributed by atoms with van der Waals surface area (Å²) in [6.07, 6.45) is 2.49. The molecule has 1 aromatic heterocycles. The Kier molecular flexibility index (Phi) is 3.70. The SMILES string of the molecule is COC(=O)Nc1ncc(B2OC(C)(C)C(C)(C)O2)cn1. The fourth-order valence-corrected chi connectivity index (χ4v) is 1.65. The molecule has 1 amide bonds. The van der Waals surface area contributed by atoms with Crippen molar-refractivity contribution < 1.29 is 18.8 Å². The number of carbonyl (C=O) groups is 1. The lowest BCUT2D eigenvalue weighted by Gasteiger charge is -2.32. The molecule has 0 aliphatic carbocycles. The van der Waals surface area contributed by atoms with E-state index in [9.17, 15) is 4.79 Å². The molecule has 1 N–H and O–H groups in total. The lowest BCUT2D eigenvalue weighted by molar-refractivity contribution is 0.00578. The number of hydrogen-bond donors (Lipinski definition) is 1. The molecule has 7 nitrogen and oxygen atoms in total. The average Bonchev–Trinajstić information content (AvgIpc) is 2.59. The average molecular weight is 279 g/mol. The highest BCUT2D eigenvalue weighted by Gasteiger charge is 2.51. The first kappa shape index (κ1) is 14.7. The van der Waals surface area contributed by atoms with Crippen molar-refractivity contribution in [1.29, 1.82) is 0 Å². The van der Waals surface area contributed by atoms with Gasteiger partial charge in [-0.15, -0.1) is 0 Å². The van der Waals surface area contributed by atoms with Crippen LogP contribution in [0.4, 0.5) is 10.7 Å². The maximum Gasteiger partial charge on any atom is 0.498 e. The lowest BCUT2D eigenvalue weighted by Crippen LogP contribution is -2.41. The fraction of sp³-hybridized carbons (Fsp3) is 0.583. The zero-order chi connectivity index (χ0) is 15.0. The summed E-state index contributed by atoms with van der Waals surface area (Å²) in [4.78, 5) is 19.1. The highest BCUT2D eigenvalue weighted by Crippen LogP contribution is 2.36. The van der Waals surface area contributed by atoms with Gasteiger partial charge in [0.25, 0.3) is 0 Å². The van der Waals surface area contributed by atoms with Crippen molar-refractivity contribution in [2.75, 3.05) is 12.4 Å². The molecule has 0 atom stereocenters. The van der Waals surface area contributed by atoms with Gasteiger partial charge >= 0.3 is 13.2 Å². The maximum atomic E-state index is 11.0. The predicted molar refractivity (Wildman–Crippen MR) is 73.8 cm³/mol. The summed E-state index contributed by atoms with van der Waals surface area (Å²) in [7, 11) is 0.751. The number of ether oxygens (including phenoxy) is 1. The maximum absolute atomic E-state index is 11.0. The van der Waals surface area contributed by atoms with E-state index in [0.29, 0.717) is 5.46 Å². The number of hydrogen-bond acceptors (Lipinski definition) is 6. The quantitative estimate of drug-likeness (QED) is 0.812. The Morgan fingerprint density at radius 1 is 1.20 bits per heavy atom. The largest absolute Gasteiger partial charge is 0.498 e. The van der Waals surface area contributed by atoms with E-state index in [4.69, 9.17) is 9.31 Å². The van der Waals surface area contributed by atoms with E-state index in [-0.39, 0.29) is 5.95 Å². The van der Waals surface area contributed by atoms with Crippen LogP contribution in [0.1, 0.15) is 27.7 Å². The molecule has 1 aromatic rings. The minimum atomic E-state index is -0.617. The fourth-order valence-electron chi connectivity index (χ4n) is 1.65. The van der Waals surface area contributed by atoms with Crippen molar-refractivity contribution in [3.05, 3.63) is 12.4 Å². The number of anilines is 1. The second-order valence-corrected chi connectivity index (χ2v) is 5.54. The molecule has 1 aliphatic rings. The molecule has 8 heteroatoms. The topological polar surface area (TPSA) is 82.6 Å². The number of amides is 1. The van der Waals surface area contributed by atoms with Gasteiger partial charge in [-0.25, -0.2) is 14.8 Å². The van der Waals surface area contributed by atoms with E-state index in [1.54, 1.807) is 12.4 Å². The second-order valence-electron chi connectivity index (χ2n) is 5.54. The van der Waals surface area contributed by atoms with Gasteiger partial charge in [0.2, 0.25) is 5.95 Å². The highest BCUT2D eigenvalue weighted by molar-refractivity contribution is 6.61. The zero-order valence-electron chi connectivity index (χ0n) is 12.3. The molecule has 0 aromatic carbocycles. The molecule has 108 valence electrons. The van der Waals surface area contributed by atoms with Gasteiger partial charge in [0.15, 0.2) is 0 Å². The van der Waals surface area contributed by atoms with Gasteiger partial charge in [0.05, 0.1) is 18.3 Å². The molecule has 1 fully saturated rings. The summed E-state index contributed by atoms with van der Waals surface area (Å²) in [6.45, 7) is 7.89. The minimum Gasteiger partial charge on any atom is -0.453 e. The van der Waals surface area contributed by atoms with Crippen molar-refractivity contribution in [2.45, 2.75) is 38.9 Å². The van der Waals surface area contributed by atoms with E-state index >= 15 is 0 Å². The van der Waals surface area contributed by atoms with Crippen molar-refractivity contribution in [2.24, 2.45) is 0 Å². The number of rotatable bonds is 2. The normalized spacial score (nSPS) is 19.8. The molecule has 20 heavy (non-hydrogen) atoms. The Labute approximate surface area is 118 Å². The highest BCUT2D eigenvalue weighted by atomic mass is 16.7. The molecule has 1 saturated heterocycles. The van der Waals surface area contributed by atoms with Gasteiger partial charge in [-0.3, -0.25) is 5.32 Å². The summed E-state index contributed by atoms with van der Waals surface area (Å²) < 4.78 is 16.2. The number of aromatic nitrogens is 2. The van der Waals surface area contributed by atoms with Crippen LogP contribution < -0.4 is 10.8 Å². The van der Waals surface area contributed by atoms with Crippen molar-refractivity contribution in [3.63, 3.8) is 0 Å². The number of methoxy groups -OCH3 is 1. The minimum absolute atomic E-state index is 0.164. The van der Waals surface area contributed by atoms with Gasteiger partial charge in [-0.05, 0) is 27.7 Å². The second kappa shape index (κ2) is 5.03. The molecule has 2 heterocycles. The van der Waals surface area contributed by atoms with Crippen LogP contribution in [-0.4, -0.2) is 41.5 Å². The van der Waals surface area contributed by atoms with Gasteiger partial charge in [-0.2, -0.15) is 0 Å². The van der Waals surface area contributed by atoms with Gasteiger partial charge in [0.1, 0.15) is 0 Å². The van der Waals surface area contributed by atoms with Crippen LogP contribution in [-0.2, 0) is 14.0 Å². The third-order valence-corrected chi connectivity index (χ3v) is 3.60. The van der Waals surface area contributed by atoms with E-state index in [1.165, 1.54) is 7.11 Å². The smallest absolute Gasteiger partial charge is 0.453 e. The first-order chi connectivity index (χ1) is 9.25. The van der Waals surface area contributed by atoms with Crippen LogP contribution in [0.3, 0.4) is 0 Å². The van der Waals surface area contributed by atoms with Crippen LogP contribution in [0.2, 0.25) is 0 Å². The van der Waals surface area contributed by atoms with E-state index in [1.807, 2.05) is 27.7 Å². The zero-order valence-corrected chi connectivity index (χ0v) is 12.3. The molecule has 0 unspecified atom stereocenters. The molecule has 1 aliphatic heterocycles. The molecule has 2 rings (SSSR count). The van der Waals surface area contributed by atoms with Crippen LogP contribution in [0.25, 0.3) is 0 Å². The Morgan fingerprint density at radius 3 is 2.15 bits per heavy atom. The number of carbonyl (C=O) groups excluding carboxylic acids is 1. The first-order valence-corrected chi connectivity index (χ1v) is 6.28. The van der Waals surface area contributed by atoms with Crippen molar-refractivity contribution in [3.8, 4) is 0 Å². The molecule has 0 bridgehead atoms. The number of nitrogens with zero attached hydrogens (tertiary/aromatic N) is 2. The molecular formula is C12H18BN3O4. The predicted octanol–water partition coefficient (Wildman–Crippen LogP) is 0.954. The first-order valence-electron chi connectivity index (χ1n) is 6.28. The summed E-state index contributed by atoms with van der Waals surface area (Å²) in [5.41, 5.74) is -0.139.